The Labute approximate surface area is 127 Å². The number of carbonyl (C=O) groups is 2. The van der Waals surface area contributed by atoms with Crippen LogP contribution in [0.25, 0.3) is 0 Å². The van der Waals surface area contributed by atoms with E-state index in [9.17, 15) is 27.9 Å². The molecule has 0 radical (unpaired) electrons. The monoisotopic (exact) mass is 341 g/mol. The van der Waals surface area contributed by atoms with E-state index >= 15 is 0 Å². The number of pyridine rings is 1. The lowest BCUT2D eigenvalue weighted by Gasteiger charge is -2.20. The molecule has 0 spiro atoms. The first-order chi connectivity index (χ1) is 10.1. The van der Waals surface area contributed by atoms with Crippen LogP contribution in [0.15, 0.2) is 12.1 Å². The van der Waals surface area contributed by atoms with Gasteiger partial charge in [-0.25, -0.2) is 4.98 Å². The molecule has 0 saturated heterocycles. The molecule has 0 aliphatic rings. The zero-order valence-electron chi connectivity index (χ0n) is 11.3. The normalized spacial score (nSPS) is 14.3. The molecule has 2 unspecified atom stereocenters. The van der Waals surface area contributed by atoms with E-state index < -0.39 is 46.5 Å². The quantitative estimate of drug-likeness (QED) is 0.288. The van der Waals surface area contributed by atoms with Crippen molar-refractivity contribution in [1.29, 1.82) is 0 Å². The van der Waals surface area contributed by atoms with E-state index in [1.54, 1.807) is 0 Å². The first-order valence-corrected chi connectivity index (χ1v) is 6.08. The second kappa shape index (κ2) is 7.03. The van der Waals surface area contributed by atoms with Gasteiger partial charge in [-0.2, -0.15) is 13.2 Å². The van der Waals surface area contributed by atoms with Crippen molar-refractivity contribution >= 4 is 23.4 Å². The van der Waals surface area contributed by atoms with Crippen molar-refractivity contribution in [2.45, 2.75) is 12.5 Å². The van der Waals surface area contributed by atoms with Crippen LogP contribution in [0.3, 0.4) is 0 Å². The standard InChI is InChI=1S/C12H11ClF3NO5/c1-21-10(19)7(11(20)22-2)8(18)5-3-4-6(13)17-9(5)12(14,15)16/h3-4,7,10,19H,1-2H3. The van der Waals surface area contributed by atoms with Crippen LogP contribution in [-0.2, 0) is 20.4 Å². The van der Waals surface area contributed by atoms with Crippen LogP contribution in [0.5, 0.6) is 0 Å². The second-order valence-electron chi connectivity index (χ2n) is 4.02. The van der Waals surface area contributed by atoms with Gasteiger partial charge >= 0.3 is 12.1 Å². The third kappa shape index (κ3) is 3.93. The second-order valence-corrected chi connectivity index (χ2v) is 4.41. The van der Waals surface area contributed by atoms with Crippen molar-refractivity contribution in [2.24, 2.45) is 5.92 Å². The summed E-state index contributed by atoms with van der Waals surface area (Å²) in [6.07, 6.45) is -6.95. The minimum atomic E-state index is -4.98. The maximum Gasteiger partial charge on any atom is 0.434 e. The molecule has 0 amide bonds. The van der Waals surface area contributed by atoms with E-state index in [0.29, 0.717) is 0 Å². The van der Waals surface area contributed by atoms with Crippen molar-refractivity contribution in [2.75, 3.05) is 14.2 Å². The number of rotatable bonds is 5. The maximum atomic E-state index is 12.9. The van der Waals surface area contributed by atoms with Gasteiger partial charge in [0, 0.05) is 12.7 Å². The third-order valence-corrected chi connectivity index (χ3v) is 2.87. The van der Waals surface area contributed by atoms with Gasteiger partial charge in [0.15, 0.2) is 23.7 Å². The van der Waals surface area contributed by atoms with Crippen LogP contribution in [0, 0.1) is 5.92 Å². The predicted octanol–water partition coefficient (Wildman–Crippen LogP) is 1.69. The highest BCUT2D eigenvalue weighted by Gasteiger charge is 2.42. The topological polar surface area (TPSA) is 85.7 Å². The van der Waals surface area contributed by atoms with Crippen molar-refractivity contribution in [1.82, 2.24) is 4.98 Å². The van der Waals surface area contributed by atoms with Gasteiger partial charge in [-0.3, -0.25) is 9.59 Å². The van der Waals surface area contributed by atoms with Crippen LogP contribution in [0.2, 0.25) is 5.15 Å². The van der Waals surface area contributed by atoms with Crippen LogP contribution in [-0.4, -0.2) is 42.4 Å². The number of halogens is 4. The van der Waals surface area contributed by atoms with Gasteiger partial charge in [-0.05, 0) is 12.1 Å². The lowest BCUT2D eigenvalue weighted by Crippen LogP contribution is -2.38. The summed E-state index contributed by atoms with van der Waals surface area (Å²) in [7, 11) is 1.88. The Kier molecular flexibility index (Phi) is 5.86. The Bertz CT molecular complexity index is 578. The number of hydrogen-bond donors (Lipinski definition) is 1. The van der Waals surface area contributed by atoms with Gasteiger partial charge in [-0.1, -0.05) is 11.6 Å². The fraction of sp³-hybridized carbons (Fsp3) is 0.417. The van der Waals surface area contributed by atoms with Crippen LogP contribution < -0.4 is 0 Å². The van der Waals surface area contributed by atoms with Crippen molar-refractivity contribution < 1.29 is 37.3 Å². The molecule has 1 rings (SSSR count). The lowest BCUT2D eigenvalue weighted by molar-refractivity contribution is -0.161. The van der Waals surface area contributed by atoms with E-state index in [-0.39, 0.29) is 0 Å². The summed E-state index contributed by atoms with van der Waals surface area (Å²) in [5.41, 5.74) is -2.49. The summed E-state index contributed by atoms with van der Waals surface area (Å²) in [6, 6.07) is 1.72. The smallest absolute Gasteiger partial charge is 0.434 e. The van der Waals surface area contributed by atoms with Gasteiger partial charge in [0.1, 0.15) is 5.15 Å². The Balaban J connectivity index is 3.39. The molecule has 10 heteroatoms. The van der Waals surface area contributed by atoms with E-state index in [2.05, 4.69) is 14.5 Å². The summed E-state index contributed by atoms with van der Waals surface area (Å²) >= 11 is 5.40. The number of aliphatic hydroxyl groups excluding tert-OH is 1. The maximum absolute atomic E-state index is 12.9. The molecule has 22 heavy (non-hydrogen) atoms. The zero-order chi connectivity index (χ0) is 17.1. The molecule has 2 atom stereocenters. The summed E-state index contributed by atoms with van der Waals surface area (Å²) in [5, 5.41) is 9.05. The first kappa shape index (κ1) is 18.3. The highest BCUT2D eigenvalue weighted by atomic mass is 35.5. The number of Topliss-reactive ketones (excluding diaryl/α,β-unsaturated/α-hetero) is 1. The van der Waals surface area contributed by atoms with E-state index in [0.717, 1.165) is 26.4 Å². The number of ketones is 1. The summed E-state index contributed by atoms with van der Waals surface area (Å²) < 4.78 is 47.5. The fourth-order valence-corrected chi connectivity index (χ4v) is 1.78. The van der Waals surface area contributed by atoms with Crippen LogP contribution in [0.4, 0.5) is 13.2 Å². The summed E-state index contributed by atoms with van der Waals surface area (Å²) in [5.74, 6) is -4.58. The molecule has 0 aliphatic heterocycles. The molecule has 6 nitrogen and oxygen atoms in total. The third-order valence-electron chi connectivity index (χ3n) is 2.66. The molecule has 0 saturated carbocycles. The largest absolute Gasteiger partial charge is 0.468 e. The molecule has 1 heterocycles. The Morgan fingerprint density at radius 2 is 1.91 bits per heavy atom. The lowest BCUT2D eigenvalue weighted by atomic mass is 9.95. The highest BCUT2D eigenvalue weighted by molar-refractivity contribution is 6.29. The van der Waals surface area contributed by atoms with E-state index in [1.165, 1.54) is 0 Å². The molecule has 0 bridgehead atoms. The number of aliphatic hydroxyl groups is 1. The molecule has 0 aliphatic carbocycles. The van der Waals surface area contributed by atoms with E-state index in [1.807, 2.05) is 0 Å². The SMILES string of the molecule is COC(=O)C(C(=O)c1ccc(Cl)nc1C(F)(F)F)C(O)OC. The number of ether oxygens (including phenoxy) is 2. The zero-order valence-corrected chi connectivity index (χ0v) is 12.1. The molecule has 1 N–H and O–H groups in total. The molecular formula is C12H11ClF3NO5. The Morgan fingerprint density at radius 3 is 2.36 bits per heavy atom. The van der Waals surface area contributed by atoms with Gasteiger partial charge in [-0.15, -0.1) is 0 Å². The number of methoxy groups -OCH3 is 2. The molecular weight excluding hydrogens is 331 g/mol. The van der Waals surface area contributed by atoms with Crippen molar-refractivity contribution in [3.63, 3.8) is 0 Å². The van der Waals surface area contributed by atoms with Crippen molar-refractivity contribution in [3.8, 4) is 0 Å². The number of hydrogen-bond acceptors (Lipinski definition) is 6. The minimum Gasteiger partial charge on any atom is -0.468 e. The predicted molar refractivity (Wildman–Crippen MR) is 67.1 cm³/mol. The number of carbonyl (C=O) groups excluding carboxylic acids is 2. The molecule has 1 aromatic heterocycles. The Morgan fingerprint density at radius 1 is 1.32 bits per heavy atom. The number of aromatic nitrogens is 1. The van der Waals surface area contributed by atoms with Crippen molar-refractivity contribution in [3.05, 3.63) is 28.5 Å². The number of esters is 1. The summed E-state index contributed by atoms with van der Waals surface area (Å²) in [4.78, 5) is 26.8. The van der Waals surface area contributed by atoms with Crippen LogP contribution in [0.1, 0.15) is 16.1 Å². The highest BCUT2D eigenvalue weighted by Crippen LogP contribution is 2.33. The molecule has 122 valence electrons. The van der Waals surface area contributed by atoms with Crippen LogP contribution >= 0.6 is 11.6 Å². The van der Waals surface area contributed by atoms with E-state index in [4.69, 9.17) is 11.6 Å². The summed E-state index contributed by atoms with van der Waals surface area (Å²) in [6.45, 7) is 0. The Hall–Kier alpha value is -1.71. The average Bonchev–Trinajstić information content (AvgIpc) is 2.45. The van der Waals surface area contributed by atoms with Gasteiger partial charge in [0.05, 0.1) is 7.11 Å². The average molecular weight is 342 g/mol. The minimum absolute atomic E-state index is 0.481. The van der Waals surface area contributed by atoms with Gasteiger partial charge in [0.25, 0.3) is 0 Å². The molecule has 0 aromatic carbocycles. The first-order valence-electron chi connectivity index (χ1n) is 5.70. The van der Waals surface area contributed by atoms with Gasteiger partial charge in [0.2, 0.25) is 0 Å². The number of alkyl halides is 3. The fourth-order valence-electron chi connectivity index (χ4n) is 1.63. The molecule has 1 aromatic rings. The number of nitrogens with zero attached hydrogens (tertiary/aromatic N) is 1. The molecule has 0 fully saturated rings. The van der Waals surface area contributed by atoms with Gasteiger partial charge < -0.3 is 14.6 Å².